The fraction of sp³-hybridized carbons (Fsp3) is 0.588. The number of carbonyl (C=O) groups is 1. The molecule has 2 fully saturated rings. The SMILES string of the molecule is O=C(CCNC1CCS(=O)(=O)C1)N1CCN(c2ccc(F)cc2)CC1. The van der Waals surface area contributed by atoms with Crippen molar-refractivity contribution in [2.45, 2.75) is 18.9 Å². The van der Waals surface area contributed by atoms with Gasteiger partial charge in [-0.3, -0.25) is 4.79 Å². The third-order valence-electron chi connectivity index (χ3n) is 4.83. The van der Waals surface area contributed by atoms with Gasteiger partial charge in [-0.15, -0.1) is 0 Å². The molecule has 2 saturated heterocycles. The number of hydrogen-bond donors (Lipinski definition) is 1. The van der Waals surface area contributed by atoms with Gasteiger partial charge < -0.3 is 15.1 Å². The molecular weight excluding hydrogens is 345 g/mol. The Bertz CT molecular complexity index is 700. The van der Waals surface area contributed by atoms with Gasteiger partial charge in [-0.1, -0.05) is 0 Å². The number of amides is 1. The molecular formula is C17H24FN3O3S. The van der Waals surface area contributed by atoms with Crippen molar-refractivity contribution in [1.82, 2.24) is 10.2 Å². The van der Waals surface area contributed by atoms with Crippen molar-refractivity contribution in [3.05, 3.63) is 30.1 Å². The van der Waals surface area contributed by atoms with Crippen molar-refractivity contribution in [2.75, 3.05) is 49.1 Å². The maximum Gasteiger partial charge on any atom is 0.223 e. The minimum Gasteiger partial charge on any atom is -0.368 e. The van der Waals surface area contributed by atoms with Crippen LogP contribution in [0, 0.1) is 5.82 Å². The number of nitrogens with zero attached hydrogens (tertiary/aromatic N) is 2. The van der Waals surface area contributed by atoms with Crippen LogP contribution in [0.25, 0.3) is 0 Å². The van der Waals surface area contributed by atoms with Crippen LogP contribution in [-0.2, 0) is 14.6 Å². The smallest absolute Gasteiger partial charge is 0.223 e. The molecule has 0 saturated carbocycles. The summed E-state index contributed by atoms with van der Waals surface area (Å²) in [6.45, 7) is 3.26. The highest BCUT2D eigenvalue weighted by Crippen LogP contribution is 2.17. The minimum atomic E-state index is -2.89. The summed E-state index contributed by atoms with van der Waals surface area (Å²) in [5, 5.41) is 3.17. The highest BCUT2D eigenvalue weighted by molar-refractivity contribution is 7.91. The average Bonchev–Trinajstić information content (AvgIpc) is 2.94. The molecule has 3 rings (SSSR count). The molecule has 2 heterocycles. The Balaban J connectivity index is 1.39. The molecule has 1 amide bonds. The molecule has 1 aromatic carbocycles. The Morgan fingerprint density at radius 3 is 2.44 bits per heavy atom. The van der Waals surface area contributed by atoms with Crippen LogP contribution in [0.3, 0.4) is 0 Å². The van der Waals surface area contributed by atoms with E-state index in [0.717, 1.165) is 18.8 Å². The van der Waals surface area contributed by atoms with Gasteiger partial charge in [0, 0.05) is 50.9 Å². The Morgan fingerprint density at radius 1 is 1.16 bits per heavy atom. The van der Waals surface area contributed by atoms with Crippen LogP contribution in [0.5, 0.6) is 0 Å². The van der Waals surface area contributed by atoms with Crippen molar-refractivity contribution in [3.63, 3.8) is 0 Å². The van der Waals surface area contributed by atoms with E-state index in [1.165, 1.54) is 12.1 Å². The zero-order valence-corrected chi connectivity index (χ0v) is 15.0. The lowest BCUT2D eigenvalue weighted by Crippen LogP contribution is -2.49. The maximum absolute atomic E-state index is 13.0. The van der Waals surface area contributed by atoms with Crippen molar-refractivity contribution in [1.29, 1.82) is 0 Å². The van der Waals surface area contributed by atoms with E-state index in [9.17, 15) is 17.6 Å². The van der Waals surface area contributed by atoms with E-state index in [1.807, 2.05) is 4.90 Å². The summed E-state index contributed by atoms with van der Waals surface area (Å²) in [7, 11) is -2.89. The first-order valence-corrected chi connectivity index (χ1v) is 10.5. The van der Waals surface area contributed by atoms with E-state index in [-0.39, 0.29) is 29.3 Å². The highest BCUT2D eigenvalue weighted by Gasteiger charge is 2.27. The number of halogens is 1. The molecule has 1 N–H and O–H groups in total. The largest absolute Gasteiger partial charge is 0.368 e. The Labute approximate surface area is 147 Å². The Morgan fingerprint density at radius 2 is 1.84 bits per heavy atom. The van der Waals surface area contributed by atoms with Gasteiger partial charge in [0.2, 0.25) is 5.91 Å². The van der Waals surface area contributed by atoms with E-state index in [1.54, 1.807) is 12.1 Å². The number of hydrogen-bond acceptors (Lipinski definition) is 5. The fourth-order valence-corrected chi connectivity index (χ4v) is 5.07. The maximum atomic E-state index is 13.0. The molecule has 0 radical (unpaired) electrons. The molecule has 1 atom stereocenters. The third-order valence-corrected chi connectivity index (χ3v) is 6.60. The number of anilines is 1. The summed E-state index contributed by atoms with van der Waals surface area (Å²) in [4.78, 5) is 16.3. The molecule has 25 heavy (non-hydrogen) atoms. The van der Waals surface area contributed by atoms with Crippen LogP contribution >= 0.6 is 0 Å². The highest BCUT2D eigenvalue weighted by atomic mass is 32.2. The van der Waals surface area contributed by atoms with Gasteiger partial charge in [-0.2, -0.15) is 0 Å². The number of rotatable bonds is 5. The standard InChI is InChI=1S/C17H24FN3O3S/c18-14-1-3-16(4-2-14)20-8-10-21(11-9-20)17(22)5-7-19-15-6-12-25(23,24)13-15/h1-4,15,19H,5-13H2. The molecule has 138 valence electrons. The molecule has 0 bridgehead atoms. The van der Waals surface area contributed by atoms with Gasteiger partial charge in [-0.05, 0) is 30.7 Å². The van der Waals surface area contributed by atoms with E-state index < -0.39 is 9.84 Å². The Hall–Kier alpha value is -1.67. The van der Waals surface area contributed by atoms with Gasteiger partial charge in [0.25, 0.3) is 0 Å². The van der Waals surface area contributed by atoms with Crippen molar-refractivity contribution in [2.24, 2.45) is 0 Å². The number of carbonyl (C=O) groups excluding carboxylic acids is 1. The first-order chi connectivity index (χ1) is 11.9. The third kappa shape index (κ3) is 4.92. The molecule has 2 aliphatic rings. The number of piperazine rings is 1. The second kappa shape index (κ2) is 7.70. The second-order valence-electron chi connectivity index (χ2n) is 6.65. The summed E-state index contributed by atoms with van der Waals surface area (Å²) in [5.41, 5.74) is 0.970. The van der Waals surface area contributed by atoms with Crippen LogP contribution in [0.4, 0.5) is 10.1 Å². The first-order valence-electron chi connectivity index (χ1n) is 8.65. The predicted molar refractivity (Wildman–Crippen MR) is 94.9 cm³/mol. The van der Waals surface area contributed by atoms with Crippen LogP contribution in [0.1, 0.15) is 12.8 Å². The molecule has 6 nitrogen and oxygen atoms in total. The summed E-state index contributed by atoms with van der Waals surface area (Å²) < 4.78 is 35.8. The van der Waals surface area contributed by atoms with Crippen molar-refractivity contribution >= 4 is 21.4 Å². The first kappa shape index (κ1) is 18.1. The van der Waals surface area contributed by atoms with Gasteiger partial charge in [0.15, 0.2) is 9.84 Å². The van der Waals surface area contributed by atoms with Gasteiger partial charge in [0.05, 0.1) is 11.5 Å². The van der Waals surface area contributed by atoms with Crippen LogP contribution in [0.15, 0.2) is 24.3 Å². The van der Waals surface area contributed by atoms with Crippen molar-refractivity contribution in [3.8, 4) is 0 Å². The van der Waals surface area contributed by atoms with Gasteiger partial charge in [-0.25, -0.2) is 12.8 Å². The quantitative estimate of drug-likeness (QED) is 0.825. The molecule has 1 aromatic rings. The fourth-order valence-electron chi connectivity index (χ4n) is 3.36. The summed E-state index contributed by atoms with van der Waals surface area (Å²) in [6, 6.07) is 6.38. The lowest BCUT2D eigenvalue weighted by atomic mass is 10.2. The normalized spacial score (nSPS) is 23.0. The molecule has 2 aliphatic heterocycles. The zero-order valence-electron chi connectivity index (χ0n) is 14.2. The molecule has 8 heteroatoms. The lowest BCUT2D eigenvalue weighted by molar-refractivity contribution is -0.131. The zero-order chi connectivity index (χ0) is 17.9. The number of sulfone groups is 1. The molecule has 1 unspecified atom stereocenters. The number of benzene rings is 1. The van der Waals surface area contributed by atoms with Crippen LogP contribution in [-0.4, -0.2) is 69.5 Å². The predicted octanol–water partition coefficient (Wildman–Crippen LogP) is 0.641. The second-order valence-corrected chi connectivity index (χ2v) is 8.88. The minimum absolute atomic E-state index is 0.0203. The summed E-state index contributed by atoms with van der Waals surface area (Å²) in [5.74, 6) is 0.258. The van der Waals surface area contributed by atoms with E-state index in [2.05, 4.69) is 10.2 Å². The molecule has 0 aliphatic carbocycles. The van der Waals surface area contributed by atoms with E-state index in [4.69, 9.17) is 0 Å². The van der Waals surface area contributed by atoms with E-state index in [0.29, 0.717) is 32.5 Å². The monoisotopic (exact) mass is 369 g/mol. The molecule has 0 aromatic heterocycles. The average molecular weight is 369 g/mol. The van der Waals surface area contributed by atoms with Gasteiger partial charge >= 0.3 is 0 Å². The van der Waals surface area contributed by atoms with Crippen LogP contribution in [0.2, 0.25) is 0 Å². The van der Waals surface area contributed by atoms with Gasteiger partial charge in [0.1, 0.15) is 5.82 Å². The lowest BCUT2D eigenvalue weighted by Gasteiger charge is -2.36. The van der Waals surface area contributed by atoms with Crippen molar-refractivity contribution < 1.29 is 17.6 Å². The molecule has 0 spiro atoms. The number of nitrogens with one attached hydrogen (secondary N) is 1. The van der Waals surface area contributed by atoms with E-state index >= 15 is 0 Å². The summed E-state index contributed by atoms with van der Waals surface area (Å²) >= 11 is 0. The Kier molecular flexibility index (Phi) is 5.58. The summed E-state index contributed by atoms with van der Waals surface area (Å²) in [6.07, 6.45) is 1.01. The topological polar surface area (TPSA) is 69.7 Å². The van der Waals surface area contributed by atoms with Crippen LogP contribution < -0.4 is 10.2 Å².